The van der Waals surface area contributed by atoms with Crippen molar-refractivity contribution in [1.82, 2.24) is 0 Å². The van der Waals surface area contributed by atoms with Gasteiger partial charge in [0.25, 0.3) is 0 Å². The van der Waals surface area contributed by atoms with E-state index in [4.69, 9.17) is 21.4 Å². The molecule has 0 saturated carbocycles. The van der Waals surface area contributed by atoms with Gasteiger partial charge >= 0.3 is 11.7 Å². The number of ether oxygens (including phenoxy) is 1. The molecular formula is C11H6ClNO5S. The Kier molecular flexibility index (Phi) is 3.68. The fraction of sp³-hybridized carbons (Fsp3) is 0. The molecule has 0 radical (unpaired) electrons. The summed E-state index contributed by atoms with van der Waals surface area (Å²) in [4.78, 5) is 21.0. The first-order valence-electron chi connectivity index (χ1n) is 4.93. The number of nitro groups is 1. The van der Waals surface area contributed by atoms with Gasteiger partial charge in [0.1, 0.15) is 4.88 Å². The Hall–Kier alpha value is -2.12. The summed E-state index contributed by atoms with van der Waals surface area (Å²) < 4.78 is 5.31. The van der Waals surface area contributed by atoms with Gasteiger partial charge in [0, 0.05) is 6.07 Å². The van der Waals surface area contributed by atoms with Crippen LogP contribution in [0.1, 0.15) is 9.67 Å². The molecule has 2 aromatic rings. The van der Waals surface area contributed by atoms with Crippen LogP contribution in [0.25, 0.3) is 0 Å². The number of carboxylic acids is 1. The molecule has 1 aromatic carbocycles. The molecule has 0 aliphatic heterocycles. The Morgan fingerprint density at radius 1 is 1.37 bits per heavy atom. The SMILES string of the molecule is O=C(O)c1ccc(Oc2c(Cl)cccc2[N+](=O)[O-])s1. The zero-order chi connectivity index (χ0) is 14.0. The number of benzene rings is 1. The Bertz CT molecular complexity index is 654. The van der Waals surface area contributed by atoms with Gasteiger partial charge in [0.05, 0.1) is 9.95 Å². The molecule has 0 unspecified atom stereocenters. The fourth-order valence-electron chi connectivity index (χ4n) is 1.33. The zero-order valence-electron chi connectivity index (χ0n) is 9.20. The third-order valence-corrected chi connectivity index (χ3v) is 3.39. The standard InChI is InChI=1S/C11H6ClNO5S/c12-6-2-1-3-7(13(16)17)10(6)18-9-5-4-8(19-9)11(14)15/h1-5H,(H,14,15). The minimum atomic E-state index is -1.09. The van der Waals surface area contributed by atoms with Crippen molar-refractivity contribution >= 4 is 34.6 Å². The maximum Gasteiger partial charge on any atom is 0.345 e. The van der Waals surface area contributed by atoms with E-state index in [0.717, 1.165) is 11.3 Å². The smallest absolute Gasteiger partial charge is 0.345 e. The molecule has 0 aliphatic rings. The largest absolute Gasteiger partial charge is 0.477 e. The number of carboxylic acid groups (broad SMARTS) is 1. The van der Waals surface area contributed by atoms with Crippen LogP contribution in [0.4, 0.5) is 5.69 Å². The lowest BCUT2D eigenvalue weighted by Gasteiger charge is -2.05. The van der Waals surface area contributed by atoms with Crippen LogP contribution in [0.5, 0.6) is 10.8 Å². The van der Waals surface area contributed by atoms with Gasteiger partial charge in [-0.2, -0.15) is 0 Å². The molecule has 1 heterocycles. The van der Waals surface area contributed by atoms with Gasteiger partial charge in [-0.15, -0.1) is 0 Å². The van der Waals surface area contributed by atoms with Crippen LogP contribution in [0.3, 0.4) is 0 Å². The highest BCUT2D eigenvalue weighted by Gasteiger charge is 2.20. The van der Waals surface area contributed by atoms with Crippen LogP contribution in [0.15, 0.2) is 30.3 Å². The molecule has 19 heavy (non-hydrogen) atoms. The quantitative estimate of drug-likeness (QED) is 0.685. The van der Waals surface area contributed by atoms with Crippen molar-refractivity contribution in [3.05, 3.63) is 50.3 Å². The van der Waals surface area contributed by atoms with Crippen molar-refractivity contribution in [2.45, 2.75) is 0 Å². The molecule has 0 spiro atoms. The molecule has 0 atom stereocenters. The fourth-order valence-corrected chi connectivity index (χ4v) is 2.24. The maximum absolute atomic E-state index is 10.9. The molecule has 2 rings (SSSR count). The molecule has 6 nitrogen and oxygen atoms in total. The molecule has 0 fully saturated rings. The van der Waals surface area contributed by atoms with Crippen molar-refractivity contribution in [2.24, 2.45) is 0 Å². The van der Waals surface area contributed by atoms with Gasteiger partial charge in [-0.1, -0.05) is 29.0 Å². The number of hydrogen-bond donors (Lipinski definition) is 1. The van der Waals surface area contributed by atoms with Gasteiger partial charge in [0.2, 0.25) is 5.75 Å². The second-order valence-electron chi connectivity index (χ2n) is 3.37. The first kappa shape index (κ1) is 13.3. The van der Waals surface area contributed by atoms with Crippen molar-refractivity contribution in [3.8, 4) is 10.8 Å². The van der Waals surface area contributed by atoms with E-state index in [9.17, 15) is 14.9 Å². The Balaban J connectivity index is 2.37. The summed E-state index contributed by atoms with van der Waals surface area (Å²) in [5.41, 5.74) is -0.280. The van der Waals surface area contributed by atoms with Gasteiger partial charge in [-0.05, 0) is 18.2 Å². The summed E-state index contributed by atoms with van der Waals surface area (Å²) in [5, 5.41) is 19.9. The first-order valence-corrected chi connectivity index (χ1v) is 6.12. The Morgan fingerprint density at radius 3 is 2.68 bits per heavy atom. The minimum Gasteiger partial charge on any atom is -0.477 e. The minimum absolute atomic E-state index is 0.0738. The third-order valence-electron chi connectivity index (χ3n) is 2.14. The zero-order valence-corrected chi connectivity index (χ0v) is 10.8. The number of nitrogens with zero attached hydrogens (tertiary/aromatic N) is 1. The number of thiophene rings is 1. The van der Waals surface area contributed by atoms with Crippen LogP contribution in [0, 0.1) is 10.1 Å². The number of halogens is 1. The van der Waals surface area contributed by atoms with E-state index in [-0.39, 0.29) is 26.4 Å². The van der Waals surface area contributed by atoms with E-state index in [1.807, 2.05) is 0 Å². The lowest BCUT2D eigenvalue weighted by atomic mass is 10.3. The molecule has 1 N–H and O–H groups in total. The summed E-state index contributed by atoms with van der Waals surface area (Å²) >= 11 is 6.71. The highest BCUT2D eigenvalue weighted by atomic mass is 35.5. The molecule has 0 amide bonds. The molecule has 0 bridgehead atoms. The number of carbonyl (C=O) groups is 1. The summed E-state index contributed by atoms with van der Waals surface area (Å²) in [7, 11) is 0. The van der Waals surface area contributed by atoms with E-state index >= 15 is 0 Å². The predicted molar refractivity (Wildman–Crippen MR) is 69.5 cm³/mol. The average Bonchev–Trinajstić information content (AvgIpc) is 2.80. The third kappa shape index (κ3) is 2.83. The van der Waals surface area contributed by atoms with E-state index in [1.54, 1.807) is 0 Å². The molecular weight excluding hydrogens is 294 g/mol. The number of aromatic carboxylic acids is 1. The second kappa shape index (κ2) is 5.25. The van der Waals surface area contributed by atoms with Gasteiger partial charge in [-0.25, -0.2) is 4.79 Å². The van der Waals surface area contributed by atoms with Crippen LogP contribution < -0.4 is 4.74 Å². The lowest BCUT2D eigenvalue weighted by molar-refractivity contribution is -0.385. The molecule has 98 valence electrons. The normalized spacial score (nSPS) is 10.2. The van der Waals surface area contributed by atoms with Gasteiger partial charge in [0.15, 0.2) is 5.06 Å². The number of para-hydroxylation sites is 1. The van der Waals surface area contributed by atoms with E-state index in [2.05, 4.69) is 0 Å². The molecule has 1 aromatic heterocycles. The average molecular weight is 300 g/mol. The molecule has 0 aliphatic carbocycles. The molecule has 8 heteroatoms. The highest BCUT2D eigenvalue weighted by Crippen LogP contribution is 2.39. The summed E-state index contributed by atoms with van der Waals surface area (Å²) in [6, 6.07) is 6.92. The van der Waals surface area contributed by atoms with Crippen LogP contribution in [-0.4, -0.2) is 16.0 Å². The summed E-state index contributed by atoms with van der Waals surface area (Å²) in [5.74, 6) is -1.19. The maximum atomic E-state index is 10.9. The molecule has 0 saturated heterocycles. The summed E-state index contributed by atoms with van der Waals surface area (Å²) in [6.45, 7) is 0. The lowest BCUT2D eigenvalue weighted by Crippen LogP contribution is -1.93. The van der Waals surface area contributed by atoms with E-state index in [0.29, 0.717) is 0 Å². The van der Waals surface area contributed by atoms with Gasteiger partial charge < -0.3 is 9.84 Å². The number of hydrogen-bond acceptors (Lipinski definition) is 5. The number of nitro benzene ring substituents is 1. The van der Waals surface area contributed by atoms with Crippen molar-refractivity contribution in [1.29, 1.82) is 0 Å². The van der Waals surface area contributed by atoms with E-state index in [1.165, 1.54) is 30.3 Å². The van der Waals surface area contributed by atoms with Crippen molar-refractivity contribution < 1.29 is 19.6 Å². The van der Waals surface area contributed by atoms with E-state index < -0.39 is 10.9 Å². The van der Waals surface area contributed by atoms with Crippen LogP contribution in [0.2, 0.25) is 5.02 Å². The number of rotatable bonds is 4. The van der Waals surface area contributed by atoms with Crippen LogP contribution >= 0.6 is 22.9 Å². The van der Waals surface area contributed by atoms with Crippen molar-refractivity contribution in [3.63, 3.8) is 0 Å². The topological polar surface area (TPSA) is 89.7 Å². The first-order chi connectivity index (χ1) is 8.99. The highest BCUT2D eigenvalue weighted by molar-refractivity contribution is 7.15. The second-order valence-corrected chi connectivity index (χ2v) is 4.82. The Morgan fingerprint density at radius 2 is 2.11 bits per heavy atom. The van der Waals surface area contributed by atoms with Gasteiger partial charge in [-0.3, -0.25) is 10.1 Å². The van der Waals surface area contributed by atoms with Crippen LogP contribution in [-0.2, 0) is 0 Å². The van der Waals surface area contributed by atoms with Crippen molar-refractivity contribution in [2.75, 3.05) is 0 Å². The Labute approximate surface area is 116 Å². The monoisotopic (exact) mass is 299 g/mol. The summed E-state index contributed by atoms with van der Waals surface area (Å²) in [6.07, 6.45) is 0. The predicted octanol–water partition coefficient (Wildman–Crippen LogP) is 3.80.